The lowest BCUT2D eigenvalue weighted by atomic mass is 10.1. The van der Waals surface area contributed by atoms with Gasteiger partial charge >= 0.3 is 0 Å². The van der Waals surface area contributed by atoms with E-state index in [4.69, 9.17) is 22.4 Å². The van der Waals surface area contributed by atoms with Crippen molar-refractivity contribution >= 4 is 31.8 Å². The number of benzene rings is 2. The average Bonchev–Trinajstić information content (AvgIpc) is 3.08. The van der Waals surface area contributed by atoms with Crippen molar-refractivity contribution in [2.24, 2.45) is 0 Å². The summed E-state index contributed by atoms with van der Waals surface area (Å²) in [6, 6.07) is 13.0. The third-order valence-corrected chi connectivity index (χ3v) is 6.27. The lowest BCUT2D eigenvalue weighted by Gasteiger charge is -2.11. The van der Waals surface area contributed by atoms with Crippen molar-refractivity contribution in [3.8, 4) is 5.75 Å². The molecule has 1 aliphatic heterocycles. The quantitative estimate of drug-likeness (QED) is 0.450. The molecule has 0 aliphatic carbocycles. The van der Waals surface area contributed by atoms with Crippen LogP contribution in [0.2, 0.25) is 0 Å². The molecule has 2 aromatic carbocycles. The lowest BCUT2D eigenvalue weighted by Crippen LogP contribution is -2.07. The molecule has 25 heavy (non-hydrogen) atoms. The van der Waals surface area contributed by atoms with E-state index in [9.17, 15) is 0 Å². The van der Waals surface area contributed by atoms with Gasteiger partial charge in [-0.25, -0.2) is 8.42 Å². The highest BCUT2D eigenvalue weighted by Crippen LogP contribution is 2.34. The molecule has 0 unspecified atom stereocenters. The van der Waals surface area contributed by atoms with Gasteiger partial charge < -0.3 is 14.0 Å². The van der Waals surface area contributed by atoms with Gasteiger partial charge in [0.1, 0.15) is 23.9 Å². The summed E-state index contributed by atoms with van der Waals surface area (Å²) in [4.78, 5) is 1.53. The second-order valence-electron chi connectivity index (χ2n) is 5.76. The molecule has 0 atom stereocenters. The van der Waals surface area contributed by atoms with E-state index in [2.05, 4.69) is 36.4 Å². The molecule has 138 valence electrons. The Kier molecular flexibility index (Phi) is 7.56. The minimum absolute atomic E-state index is 0.439. The third-order valence-electron chi connectivity index (χ3n) is 3.73. The molecule has 1 heterocycles. The molecule has 0 saturated carbocycles. The summed E-state index contributed by atoms with van der Waals surface area (Å²) in [5.74, 6) is 3.69. The zero-order valence-electron chi connectivity index (χ0n) is 14.6. The highest BCUT2D eigenvalue weighted by atomic mass is 32.2. The van der Waals surface area contributed by atoms with Crippen molar-refractivity contribution in [2.75, 3.05) is 38.1 Å². The fraction of sp³-hybridized carbons (Fsp3) is 0.444. The Labute approximate surface area is 152 Å². The maximum absolute atomic E-state index is 9.08. The van der Waals surface area contributed by atoms with Gasteiger partial charge in [-0.15, -0.1) is 0 Å². The maximum atomic E-state index is 9.08. The van der Waals surface area contributed by atoms with Crippen LogP contribution in [0.3, 0.4) is 0 Å². The fourth-order valence-corrected chi connectivity index (χ4v) is 5.23. The van der Waals surface area contributed by atoms with Crippen LogP contribution >= 0.6 is 0 Å². The Morgan fingerprint density at radius 1 is 1.04 bits per heavy atom. The van der Waals surface area contributed by atoms with Gasteiger partial charge in [0.25, 0.3) is 0 Å². The first-order valence-corrected chi connectivity index (χ1v) is 11.5. The van der Waals surface area contributed by atoms with Crippen molar-refractivity contribution in [1.82, 2.24) is 0 Å². The predicted octanol–water partition coefficient (Wildman–Crippen LogP) is 2.80. The van der Waals surface area contributed by atoms with E-state index in [1.165, 1.54) is 40.0 Å². The Bertz CT molecular complexity index is 775. The minimum atomic E-state index is -3.92. The van der Waals surface area contributed by atoms with Crippen LogP contribution in [0.4, 0.5) is 0 Å². The van der Waals surface area contributed by atoms with Crippen LogP contribution in [0.25, 0.3) is 10.8 Å². The summed E-state index contributed by atoms with van der Waals surface area (Å²) in [6.07, 6.45) is 3.36. The molecule has 0 radical (unpaired) electrons. The Morgan fingerprint density at radius 3 is 2.24 bits per heavy atom. The molecule has 0 bridgehead atoms. The number of hydrogen-bond acceptors (Lipinski definition) is 5. The predicted molar refractivity (Wildman–Crippen MR) is 102 cm³/mol. The third kappa shape index (κ3) is 6.51. The van der Waals surface area contributed by atoms with E-state index in [1.807, 2.05) is 0 Å². The van der Waals surface area contributed by atoms with Crippen LogP contribution in [0.15, 0.2) is 41.3 Å². The van der Waals surface area contributed by atoms with Crippen LogP contribution < -0.4 is 4.74 Å². The van der Waals surface area contributed by atoms with Crippen LogP contribution in [0.5, 0.6) is 5.75 Å². The molecule has 1 saturated heterocycles. The fourth-order valence-electron chi connectivity index (χ4n) is 2.73. The summed E-state index contributed by atoms with van der Waals surface area (Å²) in [5.41, 5.74) is 0. The Hall–Kier alpha value is -1.28. The smallest absolute Gasteiger partial charge is 0.162 e. The van der Waals surface area contributed by atoms with Crippen molar-refractivity contribution in [3.63, 3.8) is 0 Å². The van der Waals surface area contributed by atoms with Crippen molar-refractivity contribution in [1.29, 1.82) is 0 Å². The molecule has 0 aromatic heterocycles. The van der Waals surface area contributed by atoms with Gasteiger partial charge in [0.05, 0.1) is 16.7 Å². The Balaban J connectivity index is 0.000000399. The summed E-state index contributed by atoms with van der Waals surface area (Å²) in [6.45, 7) is 1.23. The van der Waals surface area contributed by atoms with Crippen LogP contribution in [-0.2, 0) is 25.7 Å². The monoisotopic (exact) mass is 384 g/mol. The van der Waals surface area contributed by atoms with E-state index < -0.39 is 10.1 Å². The maximum Gasteiger partial charge on any atom is 0.162 e. The highest BCUT2D eigenvalue weighted by Gasteiger charge is 2.29. The molecule has 3 rings (SSSR count). The number of hydrogen-bond donors (Lipinski definition) is 0. The van der Waals surface area contributed by atoms with Gasteiger partial charge in [0.2, 0.25) is 0 Å². The summed E-state index contributed by atoms with van der Waals surface area (Å²) in [5, 5.41) is 2.60. The van der Waals surface area contributed by atoms with Gasteiger partial charge in [0.15, 0.2) is 4.90 Å². The van der Waals surface area contributed by atoms with E-state index in [1.54, 1.807) is 7.11 Å². The molecular formula is C18H24O5S2. The van der Waals surface area contributed by atoms with Crippen molar-refractivity contribution in [2.45, 2.75) is 17.7 Å². The molecule has 1 fully saturated rings. The standard InChI is InChI=1S/C17H21O2S.CH4O3S/c1-18-10-11-19-16-8-9-17(20-12-4-5-13-20)15-7-3-2-6-14(15)16;1-5(2,3)4/h2-3,6-9H,4-5,10-13H2,1H3;1H3,(H,2,3,4)/q+1;/p-1. The van der Waals surface area contributed by atoms with Gasteiger partial charge in [-0.1, -0.05) is 18.2 Å². The zero-order chi connectivity index (χ0) is 18.3. The van der Waals surface area contributed by atoms with Gasteiger partial charge in [-0.2, -0.15) is 0 Å². The van der Waals surface area contributed by atoms with Crippen LogP contribution in [-0.4, -0.2) is 51.1 Å². The molecule has 2 aromatic rings. The second kappa shape index (κ2) is 9.43. The molecule has 0 amide bonds. The van der Waals surface area contributed by atoms with E-state index in [0.29, 0.717) is 30.4 Å². The van der Waals surface area contributed by atoms with Crippen LogP contribution in [0, 0.1) is 0 Å². The van der Waals surface area contributed by atoms with E-state index in [-0.39, 0.29) is 0 Å². The van der Waals surface area contributed by atoms with Crippen molar-refractivity contribution in [3.05, 3.63) is 36.4 Å². The van der Waals surface area contributed by atoms with Gasteiger partial charge in [-0.3, -0.25) is 0 Å². The topological polar surface area (TPSA) is 75.7 Å². The Morgan fingerprint density at radius 2 is 1.64 bits per heavy atom. The average molecular weight is 385 g/mol. The number of fused-ring (bicyclic) bond motifs is 1. The number of methoxy groups -OCH3 is 1. The van der Waals surface area contributed by atoms with E-state index >= 15 is 0 Å². The summed E-state index contributed by atoms with van der Waals surface area (Å²) in [7, 11) is -1.78. The van der Waals surface area contributed by atoms with E-state index in [0.717, 1.165) is 5.75 Å². The lowest BCUT2D eigenvalue weighted by molar-refractivity contribution is 0.147. The minimum Gasteiger partial charge on any atom is -0.748 e. The number of rotatable bonds is 5. The second-order valence-corrected chi connectivity index (χ2v) is 9.41. The number of ether oxygens (including phenoxy) is 2. The molecule has 0 N–H and O–H groups in total. The molecular weight excluding hydrogens is 360 g/mol. The van der Waals surface area contributed by atoms with Crippen molar-refractivity contribution < 1.29 is 22.4 Å². The molecule has 7 heteroatoms. The zero-order valence-corrected chi connectivity index (χ0v) is 16.2. The summed E-state index contributed by atoms with van der Waals surface area (Å²) < 4.78 is 38.1. The summed E-state index contributed by atoms with van der Waals surface area (Å²) >= 11 is 0. The van der Waals surface area contributed by atoms with Gasteiger partial charge in [-0.05, 0) is 31.0 Å². The molecule has 1 aliphatic rings. The SMILES string of the molecule is COCCOc1ccc([S+]2CCCC2)c2ccccc12.CS(=O)(=O)[O-]. The highest BCUT2D eigenvalue weighted by molar-refractivity contribution is 7.97. The molecule has 0 spiro atoms. The normalized spacial score (nSPS) is 15.0. The van der Waals surface area contributed by atoms with Gasteiger partial charge in [0, 0.05) is 35.0 Å². The first kappa shape index (κ1) is 20.0. The van der Waals surface area contributed by atoms with Crippen LogP contribution in [0.1, 0.15) is 12.8 Å². The first-order valence-electron chi connectivity index (χ1n) is 8.12. The first-order chi connectivity index (χ1) is 11.9. The molecule has 5 nitrogen and oxygen atoms in total. The largest absolute Gasteiger partial charge is 0.748 e.